The van der Waals surface area contributed by atoms with Gasteiger partial charge in [0.05, 0.1) is 27.0 Å². The van der Waals surface area contributed by atoms with Crippen LogP contribution in [0.3, 0.4) is 0 Å². The highest BCUT2D eigenvalue weighted by Gasteiger charge is 2.11. The molecule has 5 heteroatoms. The van der Waals surface area contributed by atoms with Crippen LogP contribution in [0.5, 0.6) is 0 Å². The highest BCUT2D eigenvalue weighted by molar-refractivity contribution is 5.70. The van der Waals surface area contributed by atoms with Crippen LogP contribution in [0, 0.1) is 0 Å². The first-order valence-corrected chi connectivity index (χ1v) is 5.66. The molecule has 5 nitrogen and oxygen atoms in total. The summed E-state index contributed by atoms with van der Waals surface area (Å²) in [6.07, 6.45) is -6.79. The van der Waals surface area contributed by atoms with E-state index in [1.165, 1.54) is 12.1 Å². The number of benzene rings is 1. The fourth-order valence-electron chi connectivity index (χ4n) is 1.20. The summed E-state index contributed by atoms with van der Waals surface area (Å²) >= 11 is 0. The number of hydrogen-bond donors (Lipinski definition) is 0. The molecule has 0 aromatic heterocycles. The monoisotopic (exact) mass is 287 g/mol. The third-order valence-corrected chi connectivity index (χ3v) is 2.14. The van der Waals surface area contributed by atoms with Crippen LogP contribution in [-0.2, 0) is 25.6 Å². The maximum Gasteiger partial charge on any atom is 0.306 e. The molecular formula is C15H21NO4. The molecule has 0 aliphatic carbocycles. The Bertz CT molecular complexity index is 671. The van der Waals surface area contributed by atoms with Crippen molar-refractivity contribution in [3.8, 4) is 0 Å². The van der Waals surface area contributed by atoms with Crippen molar-refractivity contribution in [2.75, 3.05) is 27.2 Å². The largest absolute Gasteiger partial charge is 0.469 e. The standard InChI is InChI=1S/C15H21NO4/c1-19-14(17)8-10-16(11-9-15(18)20-2)12-13-6-4-3-5-7-13/h3-7H,8-12H2,1-2H3/i8D2,9D2,10D2,11D2. The van der Waals surface area contributed by atoms with Gasteiger partial charge in [0.15, 0.2) is 0 Å². The van der Waals surface area contributed by atoms with E-state index in [9.17, 15) is 9.59 Å². The van der Waals surface area contributed by atoms with Crippen LogP contribution in [0.15, 0.2) is 30.3 Å². The van der Waals surface area contributed by atoms with Gasteiger partial charge in [-0.05, 0) is 5.56 Å². The average molecular weight is 287 g/mol. The Morgan fingerprint density at radius 3 is 2.00 bits per heavy atom. The van der Waals surface area contributed by atoms with Crippen molar-refractivity contribution in [2.45, 2.75) is 19.3 Å². The summed E-state index contributed by atoms with van der Waals surface area (Å²) in [5, 5.41) is 0. The Kier molecular flexibility index (Phi) is 3.54. The minimum atomic E-state index is -3.42. The van der Waals surface area contributed by atoms with Gasteiger partial charge in [-0.3, -0.25) is 14.5 Å². The second-order valence-electron chi connectivity index (χ2n) is 3.53. The molecular weight excluding hydrogens is 258 g/mol. The lowest BCUT2D eigenvalue weighted by atomic mass is 10.2. The van der Waals surface area contributed by atoms with E-state index in [0.717, 1.165) is 14.2 Å². The van der Waals surface area contributed by atoms with Gasteiger partial charge in [0.1, 0.15) is 0 Å². The quantitative estimate of drug-likeness (QED) is 0.680. The van der Waals surface area contributed by atoms with Crippen LogP contribution in [0.1, 0.15) is 29.3 Å². The molecule has 0 radical (unpaired) electrons. The van der Waals surface area contributed by atoms with Crippen LogP contribution < -0.4 is 0 Å². The Morgan fingerprint density at radius 2 is 1.55 bits per heavy atom. The van der Waals surface area contributed by atoms with Crippen molar-refractivity contribution in [1.29, 1.82) is 0 Å². The number of nitrogens with zero attached hydrogens (tertiary/aromatic N) is 1. The molecule has 0 atom stereocenters. The number of carbonyl (C=O) groups excluding carboxylic acids is 2. The van der Waals surface area contributed by atoms with E-state index >= 15 is 0 Å². The number of methoxy groups -OCH3 is 2. The molecule has 0 aliphatic rings. The molecule has 0 heterocycles. The molecule has 0 unspecified atom stereocenters. The summed E-state index contributed by atoms with van der Waals surface area (Å²) in [5.74, 6) is -3.24. The van der Waals surface area contributed by atoms with Crippen molar-refractivity contribution < 1.29 is 30.0 Å². The molecule has 0 spiro atoms. The summed E-state index contributed by atoms with van der Waals surface area (Å²) in [6.45, 7) is -7.49. The van der Waals surface area contributed by atoms with Gasteiger partial charge in [0.2, 0.25) is 0 Å². The van der Waals surface area contributed by atoms with Crippen molar-refractivity contribution in [3.63, 3.8) is 0 Å². The number of esters is 2. The van der Waals surface area contributed by atoms with Gasteiger partial charge in [-0.1, -0.05) is 30.3 Å². The van der Waals surface area contributed by atoms with E-state index in [2.05, 4.69) is 9.47 Å². The molecule has 0 bridgehead atoms. The summed E-state index contributed by atoms with van der Waals surface area (Å²) in [7, 11) is 1.67. The topological polar surface area (TPSA) is 55.8 Å². The number of rotatable bonds is 8. The maximum absolute atomic E-state index is 11.8. The van der Waals surface area contributed by atoms with E-state index in [4.69, 9.17) is 11.0 Å². The van der Waals surface area contributed by atoms with E-state index < -0.39 is 44.2 Å². The highest BCUT2D eigenvalue weighted by atomic mass is 16.5. The molecule has 0 saturated heterocycles. The van der Waals surface area contributed by atoms with Gasteiger partial charge in [0.25, 0.3) is 0 Å². The van der Waals surface area contributed by atoms with Gasteiger partial charge in [0, 0.05) is 30.5 Å². The Hall–Kier alpha value is -1.88. The fraction of sp³-hybridized carbons (Fsp3) is 0.467. The third-order valence-electron chi connectivity index (χ3n) is 2.14. The maximum atomic E-state index is 11.8. The molecule has 0 fully saturated rings. The van der Waals surface area contributed by atoms with Crippen molar-refractivity contribution in [2.24, 2.45) is 0 Å². The van der Waals surface area contributed by atoms with Gasteiger partial charge in [-0.15, -0.1) is 0 Å². The predicted octanol–water partition coefficient (Wildman–Crippen LogP) is 1.61. The number of carbonyl (C=O) groups is 2. The molecule has 1 aromatic rings. The van der Waals surface area contributed by atoms with Gasteiger partial charge >= 0.3 is 11.9 Å². The van der Waals surface area contributed by atoms with E-state index in [1.54, 1.807) is 18.2 Å². The molecule has 0 N–H and O–H groups in total. The summed E-state index contributed by atoms with van der Waals surface area (Å²) in [4.78, 5) is 23.8. The molecule has 0 saturated carbocycles. The van der Waals surface area contributed by atoms with Crippen LogP contribution in [0.25, 0.3) is 0 Å². The first kappa shape index (κ1) is 7.78. The smallest absolute Gasteiger partial charge is 0.306 e. The number of ether oxygens (including phenoxy) is 2. The minimum Gasteiger partial charge on any atom is -0.469 e. The van der Waals surface area contributed by atoms with Crippen molar-refractivity contribution in [1.82, 2.24) is 4.90 Å². The molecule has 0 amide bonds. The predicted molar refractivity (Wildman–Crippen MR) is 75.0 cm³/mol. The van der Waals surface area contributed by atoms with Gasteiger partial charge < -0.3 is 9.47 Å². The lowest BCUT2D eigenvalue weighted by Gasteiger charge is -2.21. The number of hydrogen-bond acceptors (Lipinski definition) is 5. The lowest BCUT2D eigenvalue weighted by molar-refractivity contribution is -0.141. The molecule has 1 aromatic carbocycles. The van der Waals surface area contributed by atoms with Crippen molar-refractivity contribution in [3.05, 3.63) is 35.9 Å². The van der Waals surface area contributed by atoms with Crippen molar-refractivity contribution >= 4 is 11.9 Å². The third kappa shape index (κ3) is 6.33. The average Bonchev–Trinajstić information content (AvgIpc) is 2.64. The normalized spacial score (nSPS) is 19.1. The zero-order valence-corrected chi connectivity index (χ0v) is 11.2. The molecule has 0 aliphatic heterocycles. The fourth-order valence-corrected chi connectivity index (χ4v) is 1.20. The van der Waals surface area contributed by atoms with Crippen LogP contribution >= 0.6 is 0 Å². The molecule has 1 rings (SSSR count). The van der Waals surface area contributed by atoms with Crippen LogP contribution in [-0.4, -0.2) is 44.1 Å². The summed E-state index contributed by atoms with van der Waals surface area (Å²) in [5.41, 5.74) is 0.289. The molecule has 20 heavy (non-hydrogen) atoms. The lowest BCUT2D eigenvalue weighted by Crippen LogP contribution is -2.29. The van der Waals surface area contributed by atoms with Gasteiger partial charge in [-0.2, -0.15) is 0 Å². The SMILES string of the molecule is [2H]C([2H])(C(=O)OC)C([2H])([2H])N(Cc1ccccc1)C([2H])([2H])C([2H])([2H])C(=O)OC. The van der Waals surface area contributed by atoms with E-state index in [0.29, 0.717) is 0 Å². The Balaban J connectivity index is 3.61. The summed E-state index contributed by atoms with van der Waals surface area (Å²) < 4.78 is 72.6. The zero-order valence-electron chi connectivity index (χ0n) is 19.2. The minimum absolute atomic E-state index is 0.142. The highest BCUT2D eigenvalue weighted by Crippen LogP contribution is 2.06. The van der Waals surface area contributed by atoms with Crippen LogP contribution in [0.2, 0.25) is 0 Å². The zero-order chi connectivity index (χ0) is 22.0. The van der Waals surface area contributed by atoms with E-state index in [1.807, 2.05) is 0 Å². The molecule has 110 valence electrons. The van der Waals surface area contributed by atoms with E-state index in [-0.39, 0.29) is 10.5 Å². The second kappa shape index (κ2) is 9.09. The van der Waals surface area contributed by atoms with Gasteiger partial charge in [-0.25, -0.2) is 0 Å². The first-order valence-electron chi connectivity index (χ1n) is 9.66. The first-order chi connectivity index (χ1) is 12.7. The Morgan fingerprint density at radius 1 is 1.05 bits per heavy atom. The second-order valence-corrected chi connectivity index (χ2v) is 3.53. The summed E-state index contributed by atoms with van der Waals surface area (Å²) in [6, 6.07) is 7.70. The Labute approximate surface area is 130 Å². The van der Waals surface area contributed by atoms with Crippen LogP contribution in [0.4, 0.5) is 0 Å².